The summed E-state index contributed by atoms with van der Waals surface area (Å²) in [6.45, 7) is 0.140. The Morgan fingerprint density at radius 2 is 2.00 bits per heavy atom. The molecule has 9 heteroatoms. The van der Waals surface area contributed by atoms with E-state index in [0.717, 1.165) is 5.56 Å². The number of anilines is 1. The molecule has 2 amide bonds. The van der Waals surface area contributed by atoms with Gasteiger partial charge in [-0.2, -0.15) is 0 Å². The van der Waals surface area contributed by atoms with Gasteiger partial charge in [0.1, 0.15) is 0 Å². The highest BCUT2D eigenvalue weighted by Gasteiger charge is 2.22. The van der Waals surface area contributed by atoms with Crippen LogP contribution in [0.1, 0.15) is 11.1 Å². The third kappa shape index (κ3) is 4.69. The lowest BCUT2D eigenvalue weighted by Crippen LogP contribution is -2.39. The summed E-state index contributed by atoms with van der Waals surface area (Å²) in [6, 6.07) is 8.15. The van der Waals surface area contributed by atoms with E-state index in [1.54, 1.807) is 25.5 Å². The minimum absolute atomic E-state index is 0.0324. The Bertz CT molecular complexity index is 961. The van der Waals surface area contributed by atoms with Gasteiger partial charge >= 0.3 is 0 Å². The fourth-order valence-corrected chi connectivity index (χ4v) is 3.74. The van der Waals surface area contributed by atoms with Crippen molar-refractivity contribution in [2.45, 2.75) is 17.7 Å². The number of aromatic nitrogens is 1. The zero-order valence-electron chi connectivity index (χ0n) is 14.8. The van der Waals surface area contributed by atoms with Crippen molar-refractivity contribution in [2.75, 3.05) is 25.5 Å². The summed E-state index contributed by atoms with van der Waals surface area (Å²) in [5.74, 6) is -0.496. The van der Waals surface area contributed by atoms with E-state index in [-0.39, 0.29) is 29.7 Å². The van der Waals surface area contributed by atoms with Crippen molar-refractivity contribution in [1.82, 2.24) is 14.6 Å². The highest BCUT2D eigenvalue weighted by Crippen LogP contribution is 2.25. The topological polar surface area (TPSA) is 108 Å². The van der Waals surface area contributed by atoms with E-state index in [0.29, 0.717) is 24.2 Å². The molecule has 0 radical (unpaired) electrons. The van der Waals surface area contributed by atoms with Gasteiger partial charge in [0.15, 0.2) is 0 Å². The number of likely N-dealkylation sites (N-methyl/N-ethyl adjacent to an activating group) is 1. The van der Waals surface area contributed by atoms with Crippen LogP contribution in [0.2, 0.25) is 0 Å². The Labute approximate surface area is 157 Å². The van der Waals surface area contributed by atoms with Crippen molar-refractivity contribution < 1.29 is 18.0 Å². The van der Waals surface area contributed by atoms with E-state index in [1.165, 1.54) is 17.0 Å². The van der Waals surface area contributed by atoms with Crippen LogP contribution in [0.5, 0.6) is 0 Å². The molecule has 0 bridgehead atoms. The summed E-state index contributed by atoms with van der Waals surface area (Å²) in [4.78, 5) is 29.0. The predicted molar refractivity (Wildman–Crippen MR) is 99.5 cm³/mol. The molecule has 1 aromatic carbocycles. The number of carbonyl (C=O) groups excluding carboxylic acids is 2. The maximum Gasteiger partial charge on any atom is 0.241 e. The van der Waals surface area contributed by atoms with E-state index in [9.17, 15) is 18.0 Å². The molecule has 27 heavy (non-hydrogen) atoms. The predicted octanol–water partition coefficient (Wildman–Crippen LogP) is 0.556. The molecule has 0 spiro atoms. The largest absolute Gasteiger partial charge is 0.344 e. The number of fused-ring (bicyclic) bond motifs is 1. The summed E-state index contributed by atoms with van der Waals surface area (Å²) in [5.41, 5.74) is 2.29. The van der Waals surface area contributed by atoms with Crippen LogP contribution in [0.3, 0.4) is 0 Å². The fourth-order valence-electron chi connectivity index (χ4n) is 2.72. The number of amides is 2. The maximum atomic E-state index is 12.4. The van der Waals surface area contributed by atoms with Crippen LogP contribution >= 0.6 is 0 Å². The van der Waals surface area contributed by atoms with Gasteiger partial charge in [-0.15, -0.1) is 0 Å². The second-order valence-electron chi connectivity index (χ2n) is 6.29. The van der Waals surface area contributed by atoms with Gasteiger partial charge in [-0.05, 0) is 47.9 Å². The number of nitrogens with one attached hydrogen (secondary N) is 2. The molecule has 0 fully saturated rings. The first-order valence-electron chi connectivity index (χ1n) is 8.40. The molecule has 0 saturated carbocycles. The quantitative estimate of drug-likeness (QED) is 0.720. The van der Waals surface area contributed by atoms with Crippen molar-refractivity contribution in [3.8, 4) is 0 Å². The zero-order chi connectivity index (χ0) is 19.4. The molecule has 2 heterocycles. The standard InChI is InChI=1S/C18H20N4O4S/c1-22(9-6-13-4-7-19-8-5-13)18(24)12-20-27(25,26)15-2-3-16-14(10-15)11-17(23)21-16/h2-5,7-8,10,20H,6,9,11-12H2,1H3,(H,21,23). The summed E-state index contributed by atoms with van der Waals surface area (Å²) in [7, 11) is -2.21. The minimum Gasteiger partial charge on any atom is -0.344 e. The van der Waals surface area contributed by atoms with Crippen LogP contribution in [0, 0.1) is 0 Å². The lowest BCUT2D eigenvalue weighted by Gasteiger charge is -2.17. The number of benzene rings is 1. The lowest BCUT2D eigenvalue weighted by molar-refractivity contribution is -0.128. The normalized spacial score (nSPS) is 13.1. The Hall–Kier alpha value is -2.78. The fraction of sp³-hybridized carbons (Fsp3) is 0.278. The Kier molecular flexibility index (Phi) is 5.52. The van der Waals surface area contributed by atoms with Crippen molar-refractivity contribution >= 4 is 27.5 Å². The molecule has 0 atom stereocenters. The van der Waals surface area contributed by atoms with Gasteiger partial charge in [0.25, 0.3) is 0 Å². The molecule has 3 rings (SSSR count). The van der Waals surface area contributed by atoms with Crippen LogP contribution in [-0.4, -0.2) is 50.3 Å². The molecular weight excluding hydrogens is 368 g/mol. The first-order chi connectivity index (χ1) is 12.8. The van der Waals surface area contributed by atoms with Crippen LogP contribution in [0.25, 0.3) is 0 Å². The molecular formula is C18H20N4O4S. The van der Waals surface area contributed by atoms with Gasteiger partial charge < -0.3 is 10.2 Å². The second kappa shape index (κ2) is 7.85. The number of hydrogen-bond donors (Lipinski definition) is 2. The number of sulfonamides is 1. The van der Waals surface area contributed by atoms with E-state index in [2.05, 4.69) is 15.0 Å². The lowest BCUT2D eigenvalue weighted by atomic mass is 10.2. The average Bonchev–Trinajstić information content (AvgIpc) is 3.04. The van der Waals surface area contributed by atoms with Crippen molar-refractivity contribution in [1.29, 1.82) is 0 Å². The maximum absolute atomic E-state index is 12.4. The minimum atomic E-state index is -3.84. The van der Waals surface area contributed by atoms with Crippen LogP contribution in [0.15, 0.2) is 47.6 Å². The molecule has 1 aromatic heterocycles. The first kappa shape index (κ1) is 19.0. The number of rotatable bonds is 7. The van der Waals surface area contributed by atoms with Crippen LogP contribution < -0.4 is 10.0 Å². The number of hydrogen-bond acceptors (Lipinski definition) is 5. The number of pyridine rings is 1. The SMILES string of the molecule is CN(CCc1ccncc1)C(=O)CNS(=O)(=O)c1ccc2c(c1)CC(=O)N2. The summed E-state index contributed by atoms with van der Waals surface area (Å²) >= 11 is 0. The van der Waals surface area contributed by atoms with Gasteiger partial charge in [-0.3, -0.25) is 14.6 Å². The molecule has 2 aromatic rings. The molecule has 0 saturated heterocycles. The molecule has 1 aliphatic rings. The molecule has 1 aliphatic heterocycles. The van der Waals surface area contributed by atoms with Gasteiger partial charge in [-0.25, -0.2) is 13.1 Å². The smallest absolute Gasteiger partial charge is 0.241 e. The summed E-state index contributed by atoms with van der Waals surface area (Å²) in [6.07, 6.45) is 4.18. The van der Waals surface area contributed by atoms with Crippen LogP contribution in [-0.2, 0) is 32.5 Å². The van der Waals surface area contributed by atoms with Gasteiger partial charge in [-0.1, -0.05) is 0 Å². The molecule has 2 N–H and O–H groups in total. The zero-order valence-corrected chi connectivity index (χ0v) is 15.6. The molecule has 0 aliphatic carbocycles. The molecule has 142 valence electrons. The molecule has 8 nitrogen and oxygen atoms in total. The Balaban J connectivity index is 1.56. The average molecular weight is 388 g/mol. The third-order valence-corrected chi connectivity index (χ3v) is 5.74. The summed E-state index contributed by atoms with van der Waals surface area (Å²) < 4.78 is 27.2. The van der Waals surface area contributed by atoms with E-state index in [1.807, 2.05) is 12.1 Å². The second-order valence-corrected chi connectivity index (χ2v) is 8.06. The van der Waals surface area contributed by atoms with Crippen molar-refractivity contribution in [2.24, 2.45) is 0 Å². The van der Waals surface area contributed by atoms with E-state index < -0.39 is 10.0 Å². The van der Waals surface area contributed by atoms with E-state index >= 15 is 0 Å². The molecule has 0 unspecified atom stereocenters. The van der Waals surface area contributed by atoms with Crippen molar-refractivity contribution in [3.63, 3.8) is 0 Å². The number of carbonyl (C=O) groups is 2. The van der Waals surface area contributed by atoms with Gasteiger partial charge in [0.2, 0.25) is 21.8 Å². The Morgan fingerprint density at radius 3 is 2.74 bits per heavy atom. The van der Waals surface area contributed by atoms with Gasteiger partial charge in [0.05, 0.1) is 17.9 Å². The highest BCUT2D eigenvalue weighted by molar-refractivity contribution is 7.89. The number of nitrogens with zero attached hydrogens (tertiary/aromatic N) is 2. The van der Waals surface area contributed by atoms with Gasteiger partial charge in [0, 0.05) is 31.7 Å². The Morgan fingerprint density at radius 1 is 1.26 bits per heavy atom. The highest BCUT2D eigenvalue weighted by atomic mass is 32.2. The third-order valence-electron chi connectivity index (χ3n) is 4.34. The monoisotopic (exact) mass is 388 g/mol. The van der Waals surface area contributed by atoms with Crippen molar-refractivity contribution in [3.05, 3.63) is 53.9 Å². The summed E-state index contributed by atoms with van der Waals surface area (Å²) in [5, 5.41) is 2.65. The van der Waals surface area contributed by atoms with Crippen LogP contribution in [0.4, 0.5) is 5.69 Å². The van der Waals surface area contributed by atoms with E-state index in [4.69, 9.17) is 0 Å². The first-order valence-corrected chi connectivity index (χ1v) is 9.89.